The van der Waals surface area contributed by atoms with Crippen molar-refractivity contribution in [3.63, 3.8) is 0 Å². The van der Waals surface area contributed by atoms with E-state index in [0.717, 1.165) is 6.20 Å². The first kappa shape index (κ1) is 9.73. The molecule has 12 heavy (non-hydrogen) atoms. The van der Waals surface area contributed by atoms with Gasteiger partial charge in [0.05, 0.1) is 0 Å². The highest BCUT2D eigenvalue weighted by Crippen LogP contribution is 2.40. The van der Waals surface area contributed by atoms with Gasteiger partial charge in [0, 0.05) is 12.7 Å². The number of hydrogen-bond acceptors (Lipinski definition) is 3. The van der Waals surface area contributed by atoms with E-state index in [1.54, 1.807) is 6.92 Å². The number of alkyl halides is 3. The van der Waals surface area contributed by atoms with E-state index in [2.05, 4.69) is 0 Å². The van der Waals surface area contributed by atoms with Crippen molar-refractivity contribution in [1.82, 2.24) is 4.90 Å². The molecule has 2 nitrogen and oxygen atoms in total. The van der Waals surface area contributed by atoms with E-state index in [1.807, 2.05) is 0 Å². The fraction of sp³-hybridized carbons (Fsp3) is 0.667. The van der Waals surface area contributed by atoms with E-state index in [9.17, 15) is 13.2 Å². The van der Waals surface area contributed by atoms with Crippen LogP contribution in [0.3, 0.4) is 0 Å². The van der Waals surface area contributed by atoms with Crippen LogP contribution in [-0.2, 0) is 0 Å². The van der Waals surface area contributed by atoms with Gasteiger partial charge in [-0.25, -0.2) is 0 Å². The van der Waals surface area contributed by atoms with Crippen LogP contribution < -0.4 is 5.73 Å². The van der Waals surface area contributed by atoms with Crippen molar-refractivity contribution in [3.8, 4) is 0 Å². The van der Waals surface area contributed by atoms with Gasteiger partial charge in [0.25, 0.3) is 0 Å². The van der Waals surface area contributed by atoms with Gasteiger partial charge >= 0.3 is 6.18 Å². The quantitative estimate of drug-likeness (QED) is 0.695. The first-order valence-electron chi connectivity index (χ1n) is 3.42. The molecule has 6 heteroatoms. The summed E-state index contributed by atoms with van der Waals surface area (Å²) in [5.41, 5.74) is 4.82. The average molecular weight is 198 g/mol. The summed E-state index contributed by atoms with van der Waals surface area (Å²) in [4.78, 5) is 0.838. The van der Waals surface area contributed by atoms with Gasteiger partial charge in [-0.1, -0.05) is 11.8 Å². The monoisotopic (exact) mass is 198 g/mol. The Morgan fingerprint density at radius 3 is 2.50 bits per heavy atom. The number of nitrogens with two attached hydrogens (primary N) is 1. The van der Waals surface area contributed by atoms with Gasteiger partial charge in [-0.3, -0.25) is 0 Å². The van der Waals surface area contributed by atoms with Crippen molar-refractivity contribution in [1.29, 1.82) is 0 Å². The van der Waals surface area contributed by atoms with Crippen molar-refractivity contribution < 1.29 is 13.2 Å². The number of hydrogen-bond donors (Lipinski definition) is 1. The zero-order valence-corrected chi connectivity index (χ0v) is 7.25. The molecule has 2 N–H and O–H groups in total. The molecule has 0 spiro atoms. The normalized spacial score (nSPS) is 24.6. The molecule has 0 aromatic carbocycles. The molecule has 0 aliphatic carbocycles. The lowest BCUT2D eigenvalue weighted by molar-refractivity contribution is -0.0839. The second kappa shape index (κ2) is 3.18. The summed E-state index contributed by atoms with van der Waals surface area (Å²) in [7, 11) is 0. The molecule has 0 fully saturated rings. The summed E-state index contributed by atoms with van der Waals surface area (Å²) >= 11 is 0.645. The van der Waals surface area contributed by atoms with Gasteiger partial charge in [0.2, 0.25) is 0 Å². The minimum Gasteiger partial charge on any atom is -0.353 e. The number of thioether (sulfide) groups is 1. The molecule has 0 saturated carbocycles. The Kier molecular flexibility index (Phi) is 2.58. The number of rotatable bonds is 1. The van der Waals surface area contributed by atoms with Crippen LogP contribution >= 0.6 is 11.8 Å². The molecule has 1 rings (SSSR count). The van der Waals surface area contributed by atoms with Gasteiger partial charge in [0.1, 0.15) is 10.4 Å². The number of allylic oxidation sites excluding steroid dienone is 1. The van der Waals surface area contributed by atoms with Gasteiger partial charge in [0.15, 0.2) is 0 Å². The van der Waals surface area contributed by atoms with E-state index < -0.39 is 16.6 Å². The summed E-state index contributed by atoms with van der Waals surface area (Å²) < 4.78 is 36.2. The highest BCUT2D eigenvalue weighted by atomic mass is 32.2. The summed E-state index contributed by atoms with van der Waals surface area (Å²) in [6, 6.07) is 0. The third-order valence-electron chi connectivity index (χ3n) is 1.50. The van der Waals surface area contributed by atoms with E-state index in [0.29, 0.717) is 18.3 Å². The summed E-state index contributed by atoms with van der Waals surface area (Å²) in [6.45, 7) is 2.25. The Labute approximate surface area is 72.6 Å². The molecule has 1 unspecified atom stereocenters. The Morgan fingerprint density at radius 1 is 1.67 bits per heavy atom. The SMILES string of the molecule is CCN1C=C(C(F)(F)F)SC1N. The molecule has 1 aliphatic heterocycles. The highest BCUT2D eigenvalue weighted by Gasteiger charge is 2.39. The molecule has 1 heterocycles. The Morgan fingerprint density at radius 2 is 2.25 bits per heavy atom. The maximum atomic E-state index is 12.1. The molecule has 0 aromatic rings. The third kappa shape index (κ3) is 1.87. The topological polar surface area (TPSA) is 29.3 Å². The van der Waals surface area contributed by atoms with E-state index in [4.69, 9.17) is 5.73 Å². The van der Waals surface area contributed by atoms with E-state index in [1.165, 1.54) is 4.90 Å². The van der Waals surface area contributed by atoms with Gasteiger partial charge in [-0.05, 0) is 6.92 Å². The summed E-state index contributed by atoms with van der Waals surface area (Å²) in [5, 5.41) is 0. The second-order valence-corrected chi connectivity index (χ2v) is 3.49. The second-order valence-electron chi connectivity index (χ2n) is 2.33. The Hall–Kier alpha value is -0.360. The molecule has 0 amide bonds. The Bertz CT molecular complexity index is 201. The maximum Gasteiger partial charge on any atom is 0.423 e. The standard InChI is InChI=1S/C6H9F3N2S/c1-2-11-3-4(6(7,8)9)12-5(11)10/h3,5H,2,10H2,1H3. The molecular formula is C6H9F3N2S. The molecule has 0 bridgehead atoms. The minimum absolute atomic E-state index is 0.494. The number of halogens is 3. The molecular weight excluding hydrogens is 189 g/mol. The molecule has 0 aromatic heterocycles. The summed E-state index contributed by atoms with van der Waals surface area (Å²) in [6.07, 6.45) is -3.19. The average Bonchev–Trinajstić information content (AvgIpc) is 2.29. The van der Waals surface area contributed by atoms with Crippen LogP contribution in [0.5, 0.6) is 0 Å². The fourth-order valence-corrected chi connectivity index (χ4v) is 1.80. The third-order valence-corrected chi connectivity index (χ3v) is 2.61. The maximum absolute atomic E-state index is 12.1. The van der Waals surface area contributed by atoms with Gasteiger partial charge in [-0.2, -0.15) is 13.2 Å². The molecule has 0 saturated heterocycles. The van der Waals surface area contributed by atoms with Crippen LogP contribution in [0, 0.1) is 0 Å². The molecule has 70 valence electrons. The van der Waals surface area contributed by atoms with Crippen LogP contribution in [0.15, 0.2) is 11.1 Å². The smallest absolute Gasteiger partial charge is 0.353 e. The van der Waals surface area contributed by atoms with Crippen LogP contribution in [0.2, 0.25) is 0 Å². The van der Waals surface area contributed by atoms with Gasteiger partial charge < -0.3 is 10.6 Å². The van der Waals surface area contributed by atoms with Crippen LogP contribution in [0.1, 0.15) is 6.92 Å². The van der Waals surface area contributed by atoms with Crippen LogP contribution in [0.4, 0.5) is 13.2 Å². The van der Waals surface area contributed by atoms with Crippen LogP contribution in [-0.4, -0.2) is 23.1 Å². The first-order valence-corrected chi connectivity index (χ1v) is 4.30. The van der Waals surface area contributed by atoms with Crippen molar-refractivity contribution in [2.45, 2.75) is 18.6 Å². The Balaban J connectivity index is 2.72. The van der Waals surface area contributed by atoms with Crippen molar-refractivity contribution in [3.05, 3.63) is 11.1 Å². The molecule has 0 radical (unpaired) electrons. The minimum atomic E-state index is -4.26. The highest BCUT2D eigenvalue weighted by molar-refractivity contribution is 8.03. The zero-order valence-electron chi connectivity index (χ0n) is 6.43. The van der Waals surface area contributed by atoms with E-state index in [-0.39, 0.29) is 0 Å². The van der Waals surface area contributed by atoms with Crippen molar-refractivity contribution in [2.75, 3.05) is 6.54 Å². The predicted molar refractivity (Wildman–Crippen MR) is 42.1 cm³/mol. The lowest BCUT2D eigenvalue weighted by Gasteiger charge is -2.17. The number of nitrogens with zero attached hydrogens (tertiary/aromatic N) is 1. The van der Waals surface area contributed by atoms with Gasteiger partial charge in [-0.15, -0.1) is 0 Å². The molecule has 1 atom stereocenters. The lowest BCUT2D eigenvalue weighted by Crippen LogP contribution is -2.31. The van der Waals surface area contributed by atoms with Crippen molar-refractivity contribution >= 4 is 11.8 Å². The van der Waals surface area contributed by atoms with E-state index >= 15 is 0 Å². The fourth-order valence-electron chi connectivity index (χ4n) is 0.864. The van der Waals surface area contributed by atoms with Crippen molar-refractivity contribution in [2.24, 2.45) is 5.73 Å². The predicted octanol–water partition coefficient (Wildman–Crippen LogP) is 1.70. The first-order chi connectivity index (χ1) is 5.45. The largest absolute Gasteiger partial charge is 0.423 e. The zero-order chi connectivity index (χ0) is 9.35. The lowest BCUT2D eigenvalue weighted by atomic mass is 10.5. The summed E-state index contributed by atoms with van der Waals surface area (Å²) in [5.74, 6) is 0. The molecule has 1 aliphatic rings. The van der Waals surface area contributed by atoms with Crippen LogP contribution in [0.25, 0.3) is 0 Å².